The normalized spacial score (nSPS) is 14.5. The van der Waals surface area contributed by atoms with Gasteiger partial charge in [-0.05, 0) is 90.5 Å². The summed E-state index contributed by atoms with van der Waals surface area (Å²) in [6.45, 7) is 16.8. The van der Waals surface area contributed by atoms with Crippen molar-refractivity contribution < 1.29 is 42.7 Å². The number of aromatic nitrogens is 2. The molecule has 1 fully saturated rings. The van der Waals surface area contributed by atoms with E-state index in [0.717, 1.165) is 39.1 Å². The molecular weight excluding hydrogens is 727 g/mol. The third-order valence-corrected chi connectivity index (χ3v) is 10.1. The number of rotatable bonds is 11. The Morgan fingerprint density at radius 2 is 1.46 bits per heavy atom. The fraction of sp³-hybridized carbons (Fsp3) is 0.477. The van der Waals surface area contributed by atoms with Crippen LogP contribution in [0.2, 0.25) is 0 Å². The van der Waals surface area contributed by atoms with E-state index in [-0.39, 0.29) is 48.4 Å². The fourth-order valence-corrected chi connectivity index (χ4v) is 7.71. The predicted octanol–water partition coefficient (Wildman–Crippen LogP) is 6.86. The average molecular weight is 783 g/mol. The quantitative estimate of drug-likeness (QED) is 0.0956. The summed E-state index contributed by atoms with van der Waals surface area (Å²) < 4.78 is 27.0. The molecular formula is C44H56N5O8+. The molecule has 1 aliphatic carbocycles. The average Bonchev–Trinajstić information content (AvgIpc) is 3.64. The van der Waals surface area contributed by atoms with Gasteiger partial charge in [0, 0.05) is 37.2 Å². The van der Waals surface area contributed by atoms with Gasteiger partial charge in [-0.3, -0.25) is 4.79 Å². The summed E-state index contributed by atoms with van der Waals surface area (Å²) in [6, 6.07) is 19.8. The predicted molar refractivity (Wildman–Crippen MR) is 215 cm³/mol. The van der Waals surface area contributed by atoms with Crippen LogP contribution in [-0.4, -0.2) is 77.1 Å². The standard InChI is InChI=1S/C44H55N5O8/c1-9-48-35-23-33(40(51)46-28-19-21-47(22-20-28)42(53)57-44(6,7)8)37(54-27-39(50)56-43(3,4)5)24-36(35)49(10-2)38(48)25-45-41(52)55-26-34-31-17-13-11-15-29(31)30-16-12-14-18-32(30)34/h11-18,23-24,28,34H,9-10,19-22,25-27H2,1-8H3,(H-,45,46,51,52)/p+1. The van der Waals surface area contributed by atoms with Gasteiger partial charge in [-0.15, -0.1) is 0 Å². The van der Waals surface area contributed by atoms with Crippen LogP contribution in [0.1, 0.15) is 101 Å². The van der Waals surface area contributed by atoms with Gasteiger partial charge in [0.05, 0.1) is 18.7 Å². The lowest BCUT2D eigenvalue weighted by Crippen LogP contribution is -2.47. The largest absolute Gasteiger partial charge is 0.481 e. The molecule has 1 aliphatic heterocycles. The number of likely N-dealkylation sites (tertiary alicyclic amines) is 1. The molecule has 2 N–H and O–H groups in total. The minimum Gasteiger partial charge on any atom is -0.481 e. The number of ether oxygens (including phenoxy) is 4. The first-order valence-corrected chi connectivity index (χ1v) is 19.9. The number of hydrogen-bond donors (Lipinski definition) is 2. The second kappa shape index (κ2) is 16.9. The van der Waals surface area contributed by atoms with Gasteiger partial charge in [0.25, 0.3) is 11.7 Å². The number of nitrogens with zero attached hydrogens (tertiary/aromatic N) is 3. The van der Waals surface area contributed by atoms with Crippen LogP contribution in [0.25, 0.3) is 22.2 Å². The summed E-state index contributed by atoms with van der Waals surface area (Å²) in [5.41, 5.74) is 5.06. The Balaban J connectivity index is 1.21. The summed E-state index contributed by atoms with van der Waals surface area (Å²) in [5, 5.41) is 6.09. The van der Waals surface area contributed by atoms with E-state index in [1.54, 1.807) is 37.8 Å². The molecule has 304 valence electrons. The molecule has 13 nitrogen and oxygen atoms in total. The first-order chi connectivity index (χ1) is 27.1. The Morgan fingerprint density at radius 3 is 2.04 bits per heavy atom. The van der Waals surface area contributed by atoms with Crippen molar-refractivity contribution in [2.45, 2.75) is 111 Å². The number of carbonyl (C=O) groups excluding carboxylic acids is 4. The number of alkyl carbamates (subject to hydrolysis) is 1. The Labute approximate surface area is 334 Å². The Hall–Kier alpha value is -5.59. The molecule has 4 aromatic rings. The van der Waals surface area contributed by atoms with E-state index in [1.807, 2.05) is 58.9 Å². The van der Waals surface area contributed by atoms with Crippen LogP contribution in [0.15, 0.2) is 60.7 Å². The van der Waals surface area contributed by atoms with Crippen molar-refractivity contribution in [2.24, 2.45) is 0 Å². The van der Waals surface area contributed by atoms with E-state index >= 15 is 0 Å². The highest BCUT2D eigenvalue weighted by molar-refractivity contribution is 6.00. The van der Waals surface area contributed by atoms with Crippen LogP contribution in [0.3, 0.4) is 0 Å². The second-order valence-corrected chi connectivity index (χ2v) is 16.5. The zero-order valence-corrected chi connectivity index (χ0v) is 34.4. The lowest BCUT2D eigenvalue weighted by molar-refractivity contribution is -0.676. The van der Waals surface area contributed by atoms with Crippen LogP contribution in [-0.2, 0) is 38.6 Å². The topological polar surface area (TPSA) is 141 Å². The molecule has 2 heterocycles. The molecule has 2 aliphatic rings. The van der Waals surface area contributed by atoms with E-state index in [0.29, 0.717) is 39.0 Å². The minimum atomic E-state index is -0.711. The molecule has 13 heteroatoms. The lowest BCUT2D eigenvalue weighted by Gasteiger charge is -2.33. The molecule has 57 heavy (non-hydrogen) atoms. The number of amides is 3. The van der Waals surface area contributed by atoms with Crippen LogP contribution in [0, 0.1) is 0 Å². The molecule has 0 spiro atoms. The van der Waals surface area contributed by atoms with Gasteiger partial charge in [-0.25, -0.2) is 23.5 Å². The summed E-state index contributed by atoms with van der Waals surface area (Å²) in [4.78, 5) is 54.4. The number of imidazole rings is 1. The maximum atomic E-state index is 14.1. The maximum absolute atomic E-state index is 14.1. The number of nitrogens with one attached hydrogen (secondary N) is 2. The highest BCUT2D eigenvalue weighted by Gasteiger charge is 2.32. The first kappa shape index (κ1) is 41.1. The number of hydrogen-bond acceptors (Lipinski definition) is 8. The maximum Gasteiger partial charge on any atom is 0.410 e. The Kier molecular flexibility index (Phi) is 12.2. The van der Waals surface area contributed by atoms with Gasteiger partial charge in [-0.1, -0.05) is 48.5 Å². The van der Waals surface area contributed by atoms with Gasteiger partial charge in [0.2, 0.25) is 0 Å². The van der Waals surface area contributed by atoms with Gasteiger partial charge in [-0.2, -0.15) is 0 Å². The van der Waals surface area contributed by atoms with Gasteiger partial charge < -0.3 is 34.5 Å². The highest BCUT2D eigenvalue weighted by Crippen LogP contribution is 2.44. The molecule has 0 saturated carbocycles. The Morgan fingerprint density at radius 1 is 0.842 bits per heavy atom. The monoisotopic (exact) mass is 782 g/mol. The molecule has 3 amide bonds. The number of fused-ring (bicyclic) bond motifs is 4. The van der Waals surface area contributed by atoms with Crippen LogP contribution in [0.5, 0.6) is 5.75 Å². The third kappa shape index (κ3) is 9.52. The number of piperidine rings is 1. The van der Waals surface area contributed by atoms with Gasteiger partial charge >= 0.3 is 18.2 Å². The summed E-state index contributed by atoms with van der Waals surface area (Å²) in [7, 11) is 0. The van der Waals surface area contributed by atoms with Gasteiger partial charge in [0.15, 0.2) is 17.6 Å². The smallest absolute Gasteiger partial charge is 0.410 e. The second-order valence-electron chi connectivity index (χ2n) is 16.5. The molecule has 1 saturated heterocycles. The minimum absolute atomic E-state index is 0.0630. The Bertz CT molecular complexity index is 2090. The number of aryl methyl sites for hydroxylation is 2. The van der Waals surface area contributed by atoms with E-state index in [1.165, 1.54) is 0 Å². The molecule has 0 atom stereocenters. The van der Waals surface area contributed by atoms with E-state index in [4.69, 9.17) is 18.9 Å². The molecule has 0 bridgehead atoms. The molecule has 0 unspecified atom stereocenters. The zero-order valence-electron chi connectivity index (χ0n) is 34.4. The number of benzene rings is 3. The van der Waals surface area contributed by atoms with E-state index in [2.05, 4.69) is 44.0 Å². The van der Waals surface area contributed by atoms with Crippen molar-refractivity contribution in [3.8, 4) is 16.9 Å². The van der Waals surface area contributed by atoms with Crippen molar-refractivity contribution in [1.82, 2.24) is 20.1 Å². The van der Waals surface area contributed by atoms with Gasteiger partial charge in [0.1, 0.15) is 30.1 Å². The van der Waals surface area contributed by atoms with E-state index < -0.39 is 29.9 Å². The zero-order chi connectivity index (χ0) is 41.1. The van der Waals surface area contributed by atoms with Crippen molar-refractivity contribution in [2.75, 3.05) is 26.3 Å². The number of carbonyl (C=O) groups is 4. The summed E-state index contributed by atoms with van der Waals surface area (Å²) >= 11 is 0. The number of esters is 1. The molecule has 3 aromatic carbocycles. The molecule has 6 rings (SSSR count). The fourth-order valence-electron chi connectivity index (χ4n) is 7.71. The highest BCUT2D eigenvalue weighted by atomic mass is 16.6. The lowest BCUT2D eigenvalue weighted by atomic mass is 9.98. The van der Waals surface area contributed by atoms with Crippen LogP contribution in [0.4, 0.5) is 9.59 Å². The summed E-state index contributed by atoms with van der Waals surface area (Å²) in [5.74, 6) is 0.0344. The first-order valence-electron chi connectivity index (χ1n) is 19.9. The van der Waals surface area contributed by atoms with Crippen molar-refractivity contribution >= 4 is 35.1 Å². The third-order valence-electron chi connectivity index (χ3n) is 10.1. The molecule has 0 radical (unpaired) electrons. The van der Waals surface area contributed by atoms with Crippen molar-refractivity contribution in [3.05, 3.63) is 83.2 Å². The van der Waals surface area contributed by atoms with Crippen molar-refractivity contribution in [1.29, 1.82) is 0 Å². The van der Waals surface area contributed by atoms with E-state index in [9.17, 15) is 19.2 Å². The van der Waals surface area contributed by atoms with Crippen molar-refractivity contribution in [3.63, 3.8) is 0 Å². The SMILES string of the molecule is CCn1c(CNC(=O)OCC2c3ccccc3-c3ccccc32)[n+](CC)c2cc(OCC(=O)OC(C)(C)C)c(C(=O)NC3CCN(C(=O)OC(C)(C)C)CC3)cc21. The molecule has 1 aromatic heterocycles. The van der Waals surface area contributed by atoms with Crippen LogP contribution < -0.4 is 19.9 Å². The summed E-state index contributed by atoms with van der Waals surface area (Å²) in [6.07, 6.45) is 0.193. The van der Waals surface area contributed by atoms with Crippen LogP contribution >= 0.6 is 0 Å².